The number of nitrogens with zero attached hydrogens (tertiary/aromatic N) is 2. The largest absolute Gasteiger partial charge is 0.437 e. The summed E-state index contributed by atoms with van der Waals surface area (Å²) in [5.74, 6) is 1.54. The second-order valence-corrected chi connectivity index (χ2v) is 5.59. The molecule has 0 aliphatic heterocycles. The van der Waals surface area contributed by atoms with Crippen LogP contribution in [0.5, 0.6) is 11.6 Å². The maximum absolute atomic E-state index is 6.15. The highest BCUT2D eigenvalue weighted by Crippen LogP contribution is 2.32. The van der Waals surface area contributed by atoms with Crippen LogP contribution in [0.15, 0.2) is 18.5 Å². The van der Waals surface area contributed by atoms with Gasteiger partial charge >= 0.3 is 0 Å². The molecule has 0 fully saturated rings. The zero-order valence-electron chi connectivity index (χ0n) is 12.6. The molecule has 0 aliphatic carbocycles. The van der Waals surface area contributed by atoms with Crippen molar-refractivity contribution in [2.75, 3.05) is 11.1 Å². The zero-order valence-corrected chi connectivity index (χ0v) is 13.3. The number of halogens is 1. The Balaban J connectivity index is 2.32. The second kappa shape index (κ2) is 6.18. The van der Waals surface area contributed by atoms with Crippen molar-refractivity contribution in [1.82, 2.24) is 9.97 Å². The van der Waals surface area contributed by atoms with E-state index in [0.717, 1.165) is 16.1 Å². The van der Waals surface area contributed by atoms with Crippen LogP contribution in [0.1, 0.15) is 25.0 Å². The lowest BCUT2D eigenvalue weighted by molar-refractivity contribution is 0.463. The van der Waals surface area contributed by atoms with Crippen molar-refractivity contribution in [3.8, 4) is 11.6 Å². The number of rotatable bonds is 4. The Bertz CT molecular complexity index is 635. The van der Waals surface area contributed by atoms with Crippen LogP contribution in [0.2, 0.25) is 5.02 Å². The van der Waals surface area contributed by atoms with Gasteiger partial charge in [0.25, 0.3) is 0 Å². The summed E-state index contributed by atoms with van der Waals surface area (Å²) >= 11 is 6.15. The van der Waals surface area contributed by atoms with Crippen molar-refractivity contribution < 1.29 is 4.74 Å². The molecule has 112 valence electrons. The lowest BCUT2D eigenvalue weighted by Gasteiger charge is -2.14. The Morgan fingerprint density at radius 1 is 1.19 bits per heavy atom. The molecule has 0 spiro atoms. The Labute approximate surface area is 129 Å². The lowest BCUT2D eigenvalue weighted by Crippen LogP contribution is -2.13. The average Bonchev–Trinajstić information content (AvgIpc) is 2.40. The quantitative estimate of drug-likeness (QED) is 0.895. The molecule has 0 unspecified atom stereocenters. The van der Waals surface area contributed by atoms with Gasteiger partial charge in [0.1, 0.15) is 17.8 Å². The molecule has 0 amide bonds. The van der Waals surface area contributed by atoms with Crippen LogP contribution in [0.25, 0.3) is 0 Å². The van der Waals surface area contributed by atoms with Gasteiger partial charge in [-0.15, -0.1) is 0 Å². The molecule has 0 radical (unpaired) electrons. The van der Waals surface area contributed by atoms with E-state index < -0.39 is 0 Å². The minimum absolute atomic E-state index is 0.218. The Kier molecular flexibility index (Phi) is 4.53. The van der Waals surface area contributed by atoms with Crippen molar-refractivity contribution in [3.63, 3.8) is 0 Å². The zero-order chi connectivity index (χ0) is 15.6. The first-order chi connectivity index (χ1) is 9.88. The van der Waals surface area contributed by atoms with Crippen LogP contribution >= 0.6 is 11.6 Å². The monoisotopic (exact) mass is 306 g/mol. The van der Waals surface area contributed by atoms with E-state index in [4.69, 9.17) is 22.1 Å². The van der Waals surface area contributed by atoms with Crippen LogP contribution < -0.4 is 15.8 Å². The molecule has 2 rings (SSSR count). The van der Waals surface area contributed by atoms with Gasteiger partial charge in [0.05, 0.1) is 0 Å². The maximum atomic E-state index is 6.15. The van der Waals surface area contributed by atoms with Crippen LogP contribution in [-0.2, 0) is 0 Å². The molecule has 1 aromatic carbocycles. The molecule has 0 bridgehead atoms. The number of nitrogens with two attached hydrogens (primary N) is 1. The van der Waals surface area contributed by atoms with E-state index in [1.807, 2.05) is 39.8 Å². The second-order valence-electron chi connectivity index (χ2n) is 5.21. The van der Waals surface area contributed by atoms with Gasteiger partial charge in [-0.2, -0.15) is 4.98 Å². The fraction of sp³-hybridized carbons (Fsp3) is 0.333. The highest BCUT2D eigenvalue weighted by molar-refractivity contribution is 6.32. The topological polar surface area (TPSA) is 73.1 Å². The van der Waals surface area contributed by atoms with Crippen LogP contribution in [-0.4, -0.2) is 16.0 Å². The number of benzene rings is 1. The summed E-state index contributed by atoms with van der Waals surface area (Å²) in [7, 11) is 0. The number of hydrogen-bond acceptors (Lipinski definition) is 5. The van der Waals surface area contributed by atoms with Crippen molar-refractivity contribution in [2.45, 2.75) is 33.7 Å². The summed E-state index contributed by atoms with van der Waals surface area (Å²) < 4.78 is 5.77. The maximum Gasteiger partial charge on any atom is 0.248 e. The molecule has 0 saturated heterocycles. The average molecular weight is 307 g/mol. The minimum atomic E-state index is 0.218. The van der Waals surface area contributed by atoms with Gasteiger partial charge in [-0.1, -0.05) is 11.6 Å². The number of anilines is 2. The molecule has 21 heavy (non-hydrogen) atoms. The highest BCUT2D eigenvalue weighted by Gasteiger charge is 2.12. The smallest absolute Gasteiger partial charge is 0.248 e. The molecular formula is C15H19ClN4O. The molecule has 1 heterocycles. The summed E-state index contributed by atoms with van der Waals surface area (Å²) in [6.45, 7) is 7.87. The van der Waals surface area contributed by atoms with Crippen molar-refractivity contribution in [1.29, 1.82) is 0 Å². The normalized spacial score (nSPS) is 10.8. The summed E-state index contributed by atoms with van der Waals surface area (Å²) in [4.78, 5) is 8.21. The van der Waals surface area contributed by atoms with E-state index in [-0.39, 0.29) is 6.04 Å². The third-order valence-electron chi connectivity index (χ3n) is 2.90. The SMILES string of the molecule is Cc1cc(Oc2ncnc(NC(C)C)c2N)cc(C)c1Cl. The first kappa shape index (κ1) is 15.4. The van der Waals surface area contributed by atoms with E-state index in [9.17, 15) is 0 Å². The fourth-order valence-corrected chi connectivity index (χ4v) is 2.04. The summed E-state index contributed by atoms with van der Waals surface area (Å²) in [6.07, 6.45) is 1.42. The van der Waals surface area contributed by atoms with Gasteiger partial charge in [-0.25, -0.2) is 4.98 Å². The first-order valence-electron chi connectivity index (χ1n) is 6.70. The molecule has 1 aromatic heterocycles. The fourth-order valence-electron chi connectivity index (χ4n) is 1.93. The number of ether oxygens (including phenoxy) is 1. The van der Waals surface area contributed by atoms with E-state index in [1.165, 1.54) is 6.33 Å². The minimum Gasteiger partial charge on any atom is -0.437 e. The van der Waals surface area contributed by atoms with Gasteiger partial charge in [-0.05, 0) is 51.0 Å². The predicted octanol–water partition coefficient (Wildman–Crippen LogP) is 3.94. The van der Waals surface area contributed by atoms with Gasteiger partial charge < -0.3 is 15.8 Å². The van der Waals surface area contributed by atoms with Crippen LogP contribution in [0, 0.1) is 13.8 Å². The number of hydrogen-bond donors (Lipinski definition) is 2. The van der Waals surface area contributed by atoms with E-state index in [2.05, 4.69) is 15.3 Å². The predicted molar refractivity (Wildman–Crippen MR) is 86.2 cm³/mol. The third kappa shape index (κ3) is 3.55. The van der Waals surface area contributed by atoms with Gasteiger partial charge in [0.15, 0.2) is 5.82 Å². The highest BCUT2D eigenvalue weighted by atomic mass is 35.5. The Morgan fingerprint density at radius 2 is 1.81 bits per heavy atom. The van der Waals surface area contributed by atoms with Gasteiger partial charge in [0, 0.05) is 11.1 Å². The Hall–Kier alpha value is -2.01. The Morgan fingerprint density at radius 3 is 2.38 bits per heavy atom. The number of nitrogen functional groups attached to an aromatic ring is 1. The molecule has 3 N–H and O–H groups in total. The van der Waals surface area contributed by atoms with Crippen molar-refractivity contribution in [3.05, 3.63) is 34.6 Å². The molecule has 2 aromatic rings. The van der Waals surface area contributed by atoms with E-state index in [0.29, 0.717) is 23.1 Å². The molecule has 0 aliphatic rings. The third-order valence-corrected chi connectivity index (χ3v) is 3.49. The van der Waals surface area contributed by atoms with Gasteiger partial charge in [0.2, 0.25) is 5.88 Å². The summed E-state index contributed by atoms with van der Waals surface area (Å²) in [5.41, 5.74) is 8.32. The van der Waals surface area contributed by atoms with Crippen LogP contribution in [0.3, 0.4) is 0 Å². The van der Waals surface area contributed by atoms with Crippen LogP contribution in [0.4, 0.5) is 11.5 Å². The standard InChI is InChI=1S/C15H19ClN4O/c1-8(2)20-14-13(17)15(19-7-18-14)21-11-5-9(3)12(16)10(4)6-11/h5-8H,17H2,1-4H3,(H,18,19,20). The lowest BCUT2D eigenvalue weighted by atomic mass is 10.1. The summed E-state index contributed by atoms with van der Waals surface area (Å²) in [6, 6.07) is 3.92. The molecule has 0 atom stereocenters. The van der Waals surface area contributed by atoms with Gasteiger partial charge in [-0.3, -0.25) is 0 Å². The van der Waals surface area contributed by atoms with E-state index >= 15 is 0 Å². The number of nitrogens with one attached hydrogen (secondary N) is 1. The molecule has 6 heteroatoms. The summed E-state index contributed by atoms with van der Waals surface area (Å²) in [5, 5.41) is 3.89. The first-order valence-corrected chi connectivity index (χ1v) is 7.08. The molecular weight excluding hydrogens is 288 g/mol. The molecule has 5 nitrogen and oxygen atoms in total. The van der Waals surface area contributed by atoms with Crippen molar-refractivity contribution >= 4 is 23.1 Å². The molecule has 0 saturated carbocycles. The van der Waals surface area contributed by atoms with E-state index in [1.54, 1.807) is 0 Å². The number of aryl methyl sites for hydroxylation is 2. The van der Waals surface area contributed by atoms with Crippen molar-refractivity contribution in [2.24, 2.45) is 0 Å². The number of aromatic nitrogens is 2.